The second-order valence-corrected chi connectivity index (χ2v) is 9.41. The molecule has 0 radical (unpaired) electrons. The zero-order chi connectivity index (χ0) is 18.6. The van der Waals surface area contributed by atoms with Crippen molar-refractivity contribution in [2.24, 2.45) is 23.2 Å². The van der Waals surface area contributed by atoms with Gasteiger partial charge in [-0.25, -0.2) is 0 Å². The number of hydrogen-bond acceptors (Lipinski definition) is 4. The first-order valence-electron chi connectivity index (χ1n) is 10.0. The lowest BCUT2D eigenvalue weighted by Crippen LogP contribution is -2.57. The molecular weight excluding hydrogens is 360 g/mol. The second kappa shape index (κ2) is 6.36. The van der Waals surface area contributed by atoms with Gasteiger partial charge in [-0.2, -0.15) is 0 Å². The summed E-state index contributed by atoms with van der Waals surface area (Å²) >= 11 is 5.46. The number of ether oxygens (including phenoxy) is 2. The van der Waals surface area contributed by atoms with Gasteiger partial charge in [-0.05, 0) is 99.0 Å². The highest BCUT2D eigenvalue weighted by Crippen LogP contribution is 2.61. The third-order valence-corrected chi connectivity index (χ3v) is 7.43. The number of nitrogens with one attached hydrogen (secondary N) is 2. The van der Waals surface area contributed by atoms with Crippen LogP contribution in [0.15, 0.2) is 18.2 Å². The lowest BCUT2D eigenvalue weighted by molar-refractivity contribution is -0.0672. The van der Waals surface area contributed by atoms with Gasteiger partial charge in [0.1, 0.15) is 0 Å². The maximum Gasteiger partial charge on any atom is 0.257 e. The highest BCUT2D eigenvalue weighted by atomic mass is 32.1. The molecule has 1 heterocycles. The van der Waals surface area contributed by atoms with E-state index in [1.807, 2.05) is 0 Å². The quantitative estimate of drug-likeness (QED) is 0.777. The van der Waals surface area contributed by atoms with Crippen molar-refractivity contribution in [3.05, 3.63) is 23.8 Å². The van der Waals surface area contributed by atoms with E-state index >= 15 is 0 Å². The van der Waals surface area contributed by atoms with E-state index in [0.29, 0.717) is 27.6 Å². The second-order valence-electron chi connectivity index (χ2n) is 9.00. The molecule has 6 rings (SSSR count). The van der Waals surface area contributed by atoms with Crippen molar-refractivity contribution >= 4 is 23.2 Å². The van der Waals surface area contributed by atoms with E-state index in [0.717, 1.165) is 17.8 Å². The fourth-order valence-corrected chi connectivity index (χ4v) is 6.58. The number of carbonyl (C=O) groups is 1. The molecule has 4 bridgehead atoms. The predicted octanol–water partition coefficient (Wildman–Crippen LogP) is 3.62. The molecule has 0 aromatic heterocycles. The van der Waals surface area contributed by atoms with Crippen LogP contribution in [0.5, 0.6) is 11.5 Å². The molecule has 5 nitrogen and oxygen atoms in total. The van der Waals surface area contributed by atoms with E-state index in [2.05, 4.69) is 17.6 Å². The van der Waals surface area contributed by atoms with E-state index < -0.39 is 0 Å². The van der Waals surface area contributed by atoms with Gasteiger partial charge in [0.2, 0.25) is 6.79 Å². The van der Waals surface area contributed by atoms with E-state index in [-0.39, 0.29) is 18.7 Å². The number of hydrogen-bond donors (Lipinski definition) is 2. The molecule has 0 saturated heterocycles. The minimum absolute atomic E-state index is 0.197. The number of carbonyl (C=O) groups excluding carboxylic acids is 1. The fraction of sp³-hybridized carbons (Fsp3) is 0.619. The Kier molecular flexibility index (Phi) is 4.08. The van der Waals surface area contributed by atoms with Gasteiger partial charge in [-0.1, -0.05) is 0 Å². The van der Waals surface area contributed by atoms with Gasteiger partial charge in [0.05, 0.1) is 0 Å². The van der Waals surface area contributed by atoms with E-state index in [1.165, 1.54) is 38.5 Å². The number of fused-ring (bicyclic) bond motifs is 1. The Morgan fingerprint density at radius 2 is 1.74 bits per heavy atom. The minimum Gasteiger partial charge on any atom is -0.454 e. The number of benzene rings is 1. The number of thiocarbonyl (C=S) groups is 1. The monoisotopic (exact) mass is 386 g/mol. The van der Waals surface area contributed by atoms with E-state index in [9.17, 15) is 4.79 Å². The molecule has 1 aliphatic heterocycles. The lowest BCUT2D eigenvalue weighted by atomic mass is 9.48. The molecule has 2 N–H and O–H groups in total. The number of amides is 1. The molecule has 27 heavy (non-hydrogen) atoms. The Hall–Kier alpha value is -1.82. The molecule has 1 unspecified atom stereocenters. The largest absolute Gasteiger partial charge is 0.454 e. The Morgan fingerprint density at radius 3 is 2.41 bits per heavy atom. The van der Waals surface area contributed by atoms with E-state index in [1.54, 1.807) is 18.2 Å². The van der Waals surface area contributed by atoms with Gasteiger partial charge in [-0.3, -0.25) is 10.1 Å². The van der Waals surface area contributed by atoms with Crippen LogP contribution in [0.25, 0.3) is 0 Å². The Bertz CT molecular complexity index is 758. The van der Waals surface area contributed by atoms with Gasteiger partial charge >= 0.3 is 0 Å². The normalized spacial score (nSPS) is 33.6. The molecule has 4 fully saturated rings. The molecule has 6 heteroatoms. The van der Waals surface area contributed by atoms with Crippen LogP contribution in [0.3, 0.4) is 0 Å². The first-order valence-corrected chi connectivity index (χ1v) is 10.4. The smallest absolute Gasteiger partial charge is 0.257 e. The van der Waals surface area contributed by atoms with Crippen molar-refractivity contribution in [3.8, 4) is 11.5 Å². The SMILES string of the molecule is CC(NC(=S)NC(=O)c1ccc2c(c1)OCO2)C12CC3CC(CC(C3)C1)C2. The lowest BCUT2D eigenvalue weighted by Gasteiger charge is -2.59. The van der Waals surface area contributed by atoms with Crippen LogP contribution in [0.4, 0.5) is 0 Å². The van der Waals surface area contributed by atoms with Gasteiger partial charge in [0.25, 0.3) is 5.91 Å². The van der Waals surface area contributed by atoms with Gasteiger partial charge in [0, 0.05) is 11.6 Å². The molecule has 1 aromatic rings. The zero-order valence-corrected chi connectivity index (χ0v) is 16.4. The topological polar surface area (TPSA) is 59.6 Å². The highest BCUT2D eigenvalue weighted by molar-refractivity contribution is 7.80. The van der Waals surface area contributed by atoms with Crippen LogP contribution >= 0.6 is 12.2 Å². The van der Waals surface area contributed by atoms with Crippen LogP contribution in [0.1, 0.15) is 55.8 Å². The van der Waals surface area contributed by atoms with Gasteiger partial charge < -0.3 is 14.8 Å². The van der Waals surface area contributed by atoms with Crippen molar-refractivity contribution in [1.29, 1.82) is 0 Å². The number of rotatable bonds is 3. The molecule has 4 aliphatic carbocycles. The third-order valence-electron chi connectivity index (χ3n) is 7.21. The Morgan fingerprint density at radius 1 is 1.11 bits per heavy atom. The summed E-state index contributed by atoms with van der Waals surface area (Å²) in [6, 6.07) is 5.47. The average Bonchev–Trinajstić information content (AvgIpc) is 3.08. The summed E-state index contributed by atoms with van der Waals surface area (Å²) in [6.45, 7) is 2.44. The minimum atomic E-state index is -0.219. The molecule has 144 valence electrons. The Labute approximate surface area is 165 Å². The van der Waals surface area contributed by atoms with Crippen molar-refractivity contribution in [1.82, 2.24) is 10.6 Å². The molecule has 1 aromatic carbocycles. The fourth-order valence-electron chi connectivity index (χ4n) is 6.31. The predicted molar refractivity (Wildman–Crippen MR) is 106 cm³/mol. The summed E-state index contributed by atoms with van der Waals surface area (Å²) in [5.41, 5.74) is 0.869. The van der Waals surface area contributed by atoms with Crippen LogP contribution in [0.2, 0.25) is 0 Å². The zero-order valence-electron chi connectivity index (χ0n) is 15.6. The molecule has 1 atom stereocenters. The van der Waals surface area contributed by atoms with Gasteiger partial charge in [0.15, 0.2) is 16.6 Å². The van der Waals surface area contributed by atoms with Crippen LogP contribution in [-0.2, 0) is 0 Å². The maximum atomic E-state index is 12.5. The molecule has 1 amide bonds. The van der Waals surface area contributed by atoms with Crippen molar-refractivity contribution < 1.29 is 14.3 Å². The summed E-state index contributed by atoms with van der Waals surface area (Å²) in [7, 11) is 0. The molecule has 4 saturated carbocycles. The van der Waals surface area contributed by atoms with E-state index in [4.69, 9.17) is 21.7 Å². The standard InChI is InChI=1S/C21H26N2O3S/c1-12(21-8-13-4-14(9-21)6-15(5-13)10-21)22-20(27)23-19(24)16-2-3-17-18(7-16)26-11-25-17/h2-3,7,12-15H,4-6,8-11H2,1H3,(H2,22,23,24,27). The summed E-state index contributed by atoms with van der Waals surface area (Å²) < 4.78 is 10.6. The summed E-state index contributed by atoms with van der Waals surface area (Å²) in [6.07, 6.45) is 8.22. The third kappa shape index (κ3) is 3.08. The molecule has 0 spiro atoms. The summed E-state index contributed by atoms with van der Waals surface area (Å²) in [5.74, 6) is 3.75. The first kappa shape index (κ1) is 17.3. The van der Waals surface area contributed by atoms with Crippen LogP contribution in [0, 0.1) is 23.2 Å². The van der Waals surface area contributed by atoms with Crippen LogP contribution < -0.4 is 20.1 Å². The summed E-state index contributed by atoms with van der Waals surface area (Å²) in [5, 5.41) is 6.69. The van der Waals surface area contributed by atoms with Gasteiger partial charge in [-0.15, -0.1) is 0 Å². The Balaban J connectivity index is 1.22. The van der Waals surface area contributed by atoms with Crippen molar-refractivity contribution in [2.75, 3.05) is 6.79 Å². The molecule has 5 aliphatic rings. The first-order chi connectivity index (χ1) is 13.0. The van der Waals surface area contributed by atoms with Crippen molar-refractivity contribution in [3.63, 3.8) is 0 Å². The van der Waals surface area contributed by atoms with Crippen molar-refractivity contribution in [2.45, 2.75) is 51.5 Å². The molecular formula is C21H26N2O3S. The average molecular weight is 387 g/mol. The van der Waals surface area contributed by atoms with Crippen LogP contribution in [-0.4, -0.2) is 23.9 Å². The summed E-state index contributed by atoms with van der Waals surface area (Å²) in [4.78, 5) is 12.5. The maximum absolute atomic E-state index is 12.5. The highest BCUT2D eigenvalue weighted by Gasteiger charge is 2.53.